The predicted molar refractivity (Wildman–Crippen MR) is 78.2 cm³/mol. The Morgan fingerprint density at radius 2 is 1.78 bits per heavy atom. The zero-order valence-electron chi connectivity index (χ0n) is 12.1. The lowest BCUT2D eigenvalue weighted by molar-refractivity contribution is 0.171. The van der Waals surface area contributed by atoms with Gasteiger partial charge in [0, 0.05) is 38.5 Å². The lowest BCUT2D eigenvalue weighted by atomic mass is 10.2. The summed E-state index contributed by atoms with van der Waals surface area (Å²) < 4.78 is 5.10. The molecular formula is C15H26N2O. The average Bonchev–Trinajstić information content (AvgIpc) is 2.39. The van der Waals surface area contributed by atoms with Gasteiger partial charge in [0.25, 0.3) is 0 Å². The molecule has 102 valence electrons. The van der Waals surface area contributed by atoms with E-state index in [-0.39, 0.29) is 0 Å². The molecule has 1 aromatic carbocycles. The molecule has 0 fully saturated rings. The quantitative estimate of drug-likeness (QED) is 0.767. The second-order valence-corrected chi connectivity index (χ2v) is 4.58. The van der Waals surface area contributed by atoms with E-state index in [9.17, 15) is 0 Å². The third-order valence-electron chi connectivity index (χ3n) is 3.14. The maximum absolute atomic E-state index is 5.10. The highest BCUT2D eigenvalue weighted by Crippen LogP contribution is 2.14. The van der Waals surface area contributed by atoms with E-state index in [1.807, 2.05) is 0 Å². The lowest BCUT2D eigenvalue weighted by Gasteiger charge is -2.21. The van der Waals surface area contributed by atoms with Crippen molar-refractivity contribution >= 4 is 5.69 Å². The van der Waals surface area contributed by atoms with Crippen LogP contribution < -0.4 is 10.2 Å². The van der Waals surface area contributed by atoms with E-state index in [0.29, 0.717) is 6.04 Å². The molecule has 0 aliphatic carbocycles. The number of nitrogens with one attached hydrogen (secondary N) is 1. The molecule has 0 radical (unpaired) electrons. The van der Waals surface area contributed by atoms with Crippen molar-refractivity contribution in [1.82, 2.24) is 5.32 Å². The van der Waals surface area contributed by atoms with Crippen LogP contribution in [0.2, 0.25) is 0 Å². The SMILES string of the molecule is CCN(CC)c1ccc(CNC(C)COC)cc1. The molecule has 0 bridgehead atoms. The second-order valence-electron chi connectivity index (χ2n) is 4.58. The summed E-state index contributed by atoms with van der Waals surface area (Å²) in [7, 11) is 1.73. The van der Waals surface area contributed by atoms with Gasteiger partial charge in [0.2, 0.25) is 0 Å². The highest BCUT2D eigenvalue weighted by atomic mass is 16.5. The Morgan fingerprint density at radius 3 is 2.28 bits per heavy atom. The molecule has 1 unspecified atom stereocenters. The highest BCUT2D eigenvalue weighted by Gasteiger charge is 2.03. The number of anilines is 1. The zero-order valence-corrected chi connectivity index (χ0v) is 12.1. The topological polar surface area (TPSA) is 24.5 Å². The fourth-order valence-electron chi connectivity index (χ4n) is 2.01. The fraction of sp³-hybridized carbons (Fsp3) is 0.600. The molecule has 0 aliphatic rings. The Morgan fingerprint density at radius 1 is 1.17 bits per heavy atom. The van der Waals surface area contributed by atoms with Gasteiger partial charge in [-0.05, 0) is 38.5 Å². The van der Waals surface area contributed by atoms with E-state index < -0.39 is 0 Å². The fourth-order valence-corrected chi connectivity index (χ4v) is 2.01. The van der Waals surface area contributed by atoms with Gasteiger partial charge in [-0.1, -0.05) is 12.1 Å². The molecule has 3 heteroatoms. The molecular weight excluding hydrogens is 224 g/mol. The summed E-state index contributed by atoms with van der Waals surface area (Å²) in [5.41, 5.74) is 2.61. The van der Waals surface area contributed by atoms with Crippen molar-refractivity contribution in [3.63, 3.8) is 0 Å². The van der Waals surface area contributed by atoms with E-state index in [0.717, 1.165) is 26.2 Å². The molecule has 0 amide bonds. The van der Waals surface area contributed by atoms with Gasteiger partial charge in [0.1, 0.15) is 0 Å². The zero-order chi connectivity index (χ0) is 13.4. The normalized spacial score (nSPS) is 12.4. The van der Waals surface area contributed by atoms with Crippen LogP contribution in [-0.4, -0.2) is 32.8 Å². The third-order valence-corrected chi connectivity index (χ3v) is 3.14. The average molecular weight is 250 g/mol. The first-order valence-corrected chi connectivity index (χ1v) is 6.77. The summed E-state index contributed by atoms with van der Waals surface area (Å²) in [6.07, 6.45) is 0. The maximum Gasteiger partial charge on any atom is 0.0613 e. The van der Waals surface area contributed by atoms with Gasteiger partial charge < -0.3 is 15.0 Å². The number of methoxy groups -OCH3 is 1. The molecule has 0 saturated carbocycles. The standard InChI is InChI=1S/C15H26N2O/c1-5-17(6-2)15-9-7-14(8-10-15)11-16-13(3)12-18-4/h7-10,13,16H,5-6,11-12H2,1-4H3. The van der Waals surface area contributed by atoms with Crippen molar-refractivity contribution in [3.8, 4) is 0 Å². The van der Waals surface area contributed by atoms with Crippen LogP contribution in [-0.2, 0) is 11.3 Å². The van der Waals surface area contributed by atoms with Gasteiger partial charge in [-0.25, -0.2) is 0 Å². The Balaban J connectivity index is 2.49. The molecule has 1 aromatic rings. The minimum absolute atomic E-state index is 0.387. The second kappa shape index (κ2) is 8.11. The van der Waals surface area contributed by atoms with Crippen molar-refractivity contribution < 1.29 is 4.74 Å². The smallest absolute Gasteiger partial charge is 0.0613 e. The molecule has 1 atom stereocenters. The van der Waals surface area contributed by atoms with Gasteiger partial charge >= 0.3 is 0 Å². The molecule has 0 spiro atoms. The number of rotatable bonds is 8. The molecule has 3 nitrogen and oxygen atoms in total. The van der Waals surface area contributed by atoms with Crippen LogP contribution in [0.15, 0.2) is 24.3 Å². The molecule has 1 N–H and O–H groups in total. The monoisotopic (exact) mass is 250 g/mol. The third kappa shape index (κ3) is 4.67. The minimum atomic E-state index is 0.387. The van der Waals surface area contributed by atoms with Gasteiger partial charge in [0.05, 0.1) is 6.61 Å². The van der Waals surface area contributed by atoms with Gasteiger partial charge in [0.15, 0.2) is 0 Å². The number of hydrogen-bond donors (Lipinski definition) is 1. The van der Waals surface area contributed by atoms with Gasteiger partial charge in [-0.15, -0.1) is 0 Å². The maximum atomic E-state index is 5.10. The molecule has 18 heavy (non-hydrogen) atoms. The van der Waals surface area contributed by atoms with Crippen LogP contribution in [0.5, 0.6) is 0 Å². The Hall–Kier alpha value is -1.06. The summed E-state index contributed by atoms with van der Waals surface area (Å²) in [4.78, 5) is 2.35. The van der Waals surface area contributed by atoms with Gasteiger partial charge in [-0.3, -0.25) is 0 Å². The Kier molecular flexibility index (Phi) is 6.76. The summed E-state index contributed by atoms with van der Waals surface area (Å²) in [6, 6.07) is 9.17. The van der Waals surface area contributed by atoms with Crippen molar-refractivity contribution in [3.05, 3.63) is 29.8 Å². The van der Waals surface area contributed by atoms with Crippen LogP contribution in [0.25, 0.3) is 0 Å². The molecule has 0 heterocycles. The van der Waals surface area contributed by atoms with Crippen LogP contribution in [0.4, 0.5) is 5.69 Å². The van der Waals surface area contributed by atoms with E-state index in [1.165, 1.54) is 11.3 Å². The first kappa shape index (κ1) is 15.0. The molecule has 0 aliphatic heterocycles. The summed E-state index contributed by atoms with van der Waals surface area (Å²) in [5, 5.41) is 3.44. The van der Waals surface area contributed by atoms with Crippen LogP contribution in [0.3, 0.4) is 0 Å². The highest BCUT2D eigenvalue weighted by molar-refractivity contribution is 5.47. The van der Waals surface area contributed by atoms with Gasteiger partial charge in [-0.2, -0.15) is 0 Å². The van der Waals surface area contributed by atoms with E-state index in [2.05, 4.69) is 55.3 Å². The van der Waals surface area contributed by atoms with E-state index in [1.54, 1.807) is 7.11 Å². The lowest BCUT2D eigenvalue weighted by Crippen LogP contribution is -2.29. The molecule has 1 rings (SSSR count). The van der Waals surface area contributed by atoms with E-state index in [4.69, 9.17) is 4.74 Å². The van der Waals surface area contributed by atoms with Crippen LogP contribution in [0.1, 0.15) is 26.3 Å². The summed E-state index contributed by atoms with van der Waals surface area (Å²) >= 11 is 0. The van der Waals surface area contributed by atoms with Crippen molar-refractivity contribution in [1.29, 1.82) is 0 Å². The van der Waals surface area contributed by atoms with Crippen molar-refractivity contribution in [2.24, 2.45) is 0 Å². The minimum Gasteiger partial charge on any atom is -0.383 e. The molecule has 0 aromatic heterocycles. The first-order valence-electron chi connectivity index (χ1n) is 6.77. The first-order chi connectivity index (χ1) is 8.71. The Bertz CT molecular complexity index is 320. The number of nitrogens with zero attached hydrogens (tertiary/aromatic N) is 1. The summed E-state index contributed by atoms with van der Waals surface area (Å²) in [5.74, 6) is 0. The summed E-state index contributed by atoms with van der Waals surface area (Å²) in [6.45, 7) is 10.3. The van der Waals surface area contributed by atoms with Crippen LogP contribution >= 0.6 is 0 Å². The number of hydrogen-bond acceptors (Lipinski definition) is 3. The Labute approximate surface area is 111 Å². The van der Waals surface area contributed by atoms with Crippen LogP contribution in [0, 0.1) is 0 Å². The number of ether oxygens (including phenoxy) is 1. The predicted octanol–water partition coefficient (Wildman–Crippen LogP) is 2.66. The van der Waals surface area contributed by atoms with Crippen molar-refractivity contribution in [2.75, 3.05) is 31.7 Å². The molecule has 0 saturated heterocycles. The number of benzene rings is 1. The van der Waals surface area contributed by atoms with Crippen molar-refractivity contribution in [2.45, 2.75) is 33.4 Å². The van der Waals surface area contributed by atoms with E-state index >= 15 is 0 Å². The largest absolute Gasteiger partial charge is 0.383 e.